The molecule has 0 bridgehead atoms. The molecule has 0 aliphatic heterocycles. The van der Waals surface area contributed by atoms with Gasteiger partial charge in [-0.15, -0.1) is 0 Å². The zero-order valence-corrected chi connectivity index (χ0v) is 15.1. The second kappa shape index (κ2) is 5.59. The summed E-state index contributed by atoms with van der Waals surface area (Å²) in [6, 6.07) is 6.01. The van der Waals surface area contributed by atoms with Crippen LogP contribution >= 0.6 is 0 Å². The van der Waals surface area contributed by atoms with Gasteiger partial charge in [0, 0.05) is 14.1 Å². The molecule has 130 valence electrons. The van der Waals surface area contributed by atoms with Crippen LogP contribution in [0, 0.1) is 17.3 Å². The highest BCUT2D eigenvalue weighted by atomic mass is 16.3. The van der Waals surface area contributed by atoms with Crippen molar-refractivity contribution in [2.45, 2.75) is 57.5 Å². The number of aryl methyl sites for hydroxylation is 1. The van der Waals surface area contributed by atoms with Crippen LogP contribution in [0.5, 0.6) is 0 Å². The Labute approximate surface area is 144 Å². The van der Waals surface area contributed by atoms with Gasteiger partial charge in [-0.1, -0.05) is 13.0 Å². The number of aliphatic hydroxyl groups is 1. The van der Waals surface area contributed by atoms with Crippen LogP contribution in [0.1, 0.15) is 56.1 Å². The monoisotopic (exact) mass is 327 g/mol. The summed E-state index contributed by atoms with van der Waals surface area (Å²) in [5.41, 5.74) is 3.80. The van der Waals surface area contributed by atoms with E-state index in [2.05, 4.69) is 19.1 Å². The Morgan fingerprint density at radius 3 is 2.71 bits per heavy atom. The van der Waals surface area contributed by atoms with Crippen LogP contribution in [-0.2, 0) is 6.42 Å². The highest BCUT2D eigenvalue weighted by Crippen LogP contribution is 2.60. The predicted octanol–water partition coefficient (Wildman–Crippen LogP) is 3.33. The molecule has 3 aliphatic rings. The summed E-state index contributed by atoms with van der Waals surface area (Å²) >= 11 is 0. The summed E-state index contributed by atoms with van der Waals surface area (Å²) in [5.74, 6) is 1.89. The molecule has 1 aromatic carbocycles. The van der Waals surface area contributed by atoms with Gasteiger partial charge >= 0.3 is 0 Å². The second-order valence-corrected chi connectivity index (χ2v) is 8.66. The first-order valence-electron chi connectivity index (χ1n) is 9.44. The normalized spacial score (nSPS) is 37.3. The van der Waals surface area contributed by atoms with Gasteiger partial charge in [0.25, 0.3) is 0 Å². The predicted molar refractivity (Wildman–Crippen MR) is 97.7 cm³/mol. The van der Waals surface area contributed by atoms with Crippen molar-refractivity contribution < 1.29 is 5.11 Å². The molecule has 3 nitrogen and oxygen atoms in total. The number of rotatable bonds is 1. The van der Waals surface area contributed by atoms with Crippen molar-refractivity contribution in [3.8, 4) is 0 Å². The number of fused-ring (bicyclic) bond motifs is 5. The van der Waals surface area contributed by atoms with E-state index in [1.807, 2.05) is 19.0 Å². The van der Waals surface area contributed by atoms with E-state index in [0.29, 0.717) is 17.8 Å². The maximum absolute atomic E-state index is 12.4. The number of anilines is 1. The minimum Gasteiger partial charge on any atom is -0.393 e. The molecule has 3 heteroatoms. The van der Waals surface area contributed by atoms with Crippen LogP contribution in [0.3, 0.4) is 0 Å². The van der Waals surface area contributed by atoms with E-state index in [4.69, 9.17) is 0 Å². The van der Waals surface area contributed by atoms with Crippen molar-refractivity contribution in [2.75, 3.05) is 19.0 Å². The lowest BCUT2D eigenvalue weighted by Gasteiger charge is -2.50. The van der Waals surface area contributed by atoms with E-state index in [-0.39, 0.29) is 16.9 Å². The van der Waals surface area contributed by atoms with Gasteiger partial charge in [0.15, 0.2) is 0 Å². The smallest absolute Gasteiger partial charge is 0.201 e. The summed E-state index contributed by atoms with van der Waals surface area (Å²) < 4.78 is 0. The zero-order chi connectivity index (χ0) is 17.1. The summed E-state index contributed by atoms with van der Waals surface area (Å²) in [6.07, 6.45) is 6.55. The van der Waals surface area contributed by atoms with E-state index in [1.54, 1.807) is 6.07 Å². The van der Waals surface area contributed by atoms with Crippen molar-refractivity contribution in [1.82, 2.24) is 0 Å². The topological polar surface area (TPSA) is 40.5 Å². The van der Waals surface area contributed by atoms with Crippen molar-refractivity contribution in [3.05, 3.63) is 39.5 Å². The van der Waals surface area contributed by atoms with E-state index in [9.17, 15) is 9.90 Å². The SMILES string of the molecule is CN(C)c1cc2c(ccc1=O)[C@H]1CC[C@]3(C)[C@@H](O)CC[C@H]3[C@@H]1CC2. The Kier molecular flexibility index (Phi) is 3.76. The van der Waals surface area contributed by atoms with Gasteiger partial charge in [0.2, 0.25) is 5.43 Å². The lowest BCUT2D eigenvalue weighted by atomic mass is 9.55. The van der Waals surface area contributed by atoms with Gasteiger partial charge in [-0.05, 0) is 85.0 Å². The van der Waals surface area contributed by atoms with Gasteiger partial charge in [-0.25, -0.2) is 0 Å². The van der Waals surface area contributed by atoms with Crippen LogP contribution in [0.4, 0.5) is 5.69 Å². The van der Waals surface area contributed by atoms with Crippen LogP contribution in [0.15, 0.2) is 23.0 Å². The van der Waals surface area contributed by atoms with Crippen molar-refractivity contribution >= 4 is 5.69 Å². The maximum Gasteiger partial charge on any atom is 0.201 e. The molecule has 3 aliphatic carbocycles. The molecular weight excluding hydrogens is 298 g/mol. The van der Waals surface area contributed by atoms with E-state index < -0.39 is 0 Å². The van der Waals surface area contributed by atoms with Crippen LogP contribution in [-0.4, -0.2) is 25.3 Å². The highest BCUT2D eigenvalue weighted by molar-refractivity contribution is 5.49. The first-order chi connectivity index (χ1) is 11.4. The van der Waals surface area contributed by atoms with Gasteiger partial charge in [0.05, 0.1) is 11.8 Å². The quantitative estimate of drug-likeness (QED) is 0.860. The third-order valence-corrected chi connectivity index (χ3v) is 7.36. The second-order valence-electron chi connectivity index (χ2n) is 8.66. The summed E-state index contributed by atoms with van der Waals surface area (Å²) in [5, 5.41) is 10.5. The third kappa shape index (κ3) is 2.24. The Morgan fingerprint density at radius 1 is 1.17 bits per heavy atom. The Morgan fingerprint density at radius 2 is 1.96 bits per heavy atom. The highest BCUT2D eigenvalue weighted by Gasteiger charge is 2.54. The van der Waals surface area contributed by atoms with Crippen LogP contribution < -0.4 is 10.3 Å². The van der Waals surface area contributed by atoms with E-state index in [1.165, 1.54) is 24.0 Å². The third-order valence-electron chi connectivity index (χ3n) is 7.36. The minimum atomic E-state index is -0.120. The molecule has 0 amide bonds. The number of hydrogen-bond donors (Lipinski definition) is 1. The fourth-order valence-electron chi connectivity index (χ4n) is 5.98. The van der Waals surface area contributed by atoms with Crippen molar-refractivity contribution in [3.63, 3.8) is 0 Å². The Bertz CT molecular complexity index is 713. The molecule has 1 N–H and O–H groups in total. The van der Waals surface area contributed by atoms with Gasteiger partial charge in [0.1, 0.15) is 0 Å². The molecule has 0 spiro atoms. The molecule has 0 radical (unpaired) electrons. The first-order valence-corrected chi connectivity index (χ1v) is 9.44. The Balaban J connectivity index is 1.76. The molecule has 2 fully saturated rings. The van der Waals surface area contributed by atoms with Crippen molar-refractivity contribution in [2.24, 2.45) is 17.3 Å². The average Bonchev–Trinajstić information content (AvgIpc) is 2.74. The van der Waals surface area contributed by atoms with Crippen molar-refractivity contribution in [1.29, 1.82) is 0 Å². The average molecular weight is 327 g/mol. The minimum absolute atomic E-state index is 0.114. The fraction of sp³-hybridized carbons (Fsp3) is 0.667. The number of aliphatic hydroxyl groups excluding tert-OH is 1. The lowest BCUT2D eigenvalue weighted by molar-refractivity contribution is -0.0225. The molecule has 4 rings (SSSR count). The van der Waals surface area contributed by atoms with Crippen LogP contribution in [0.2, 0.25) is 0 Å². The summed E-state index contributed by atoms with van der Waals surface area (Å²) in [4.78, 5) is 14.3. The summed E-state index contributed by atoms with van der Waals surface area (Å²) in [7, 11) is 3.89. The summed E-state index contributed by atoms with van der Waals surface area (Å²) in [6.45, 7) is 2.31. The van der Waals surface area contributed by atoms with Gasteiger partial charge < -0.3 is 10.0 Å². The molecular formula is C21H29NO2. The number of hydrogen-bond acceptors (Lipinski definition) is 3. The molecule has 24 heavy (non-hydrogen) atoms. The molecule has 5 atom stereocenters. The maximum atomic E-state index is 12.4. The lowest BCUT2D eigenvalue weighted by Crippen LogP contribution is -2.43. The number of nitrogens with zero attached hydrogens (tertiary/aromatic N) is 1. The molecule has 0 heterocycles. The standard InChI is InChI=1S/C21H29NO2/c1-21-11-10-15-14-6-8-19(23)18(22(2)3)12-13(14)4-5-16(15)17(21)7-9-20(21)24/h6,8,12,15-17,20,24H,4-5,7,9-11H2,1-3H3/t15-,16-,17+,20+,21+/m1/s1. The molecule has 0 unspecified atom stereocenters. The molecule has 2 saturated carbocycles. The molecule has 0 aromatic heterocycles. The van der Waals surface area contributed by atoms with E-state index in [0.717, 1.165) is 31.4 Å². The first kappa shape index (κ1) is 16.1. The largest absolute Gasteiger partial charge is 0.393 e. The Hall–Kier alpha value is -1.35. The molecule has 1 aromatic rings. The van der Waals surface area contributed by atoms with Gasteiger partial charge in [-0.2, -0.15) is 0 Å². The fourth-order valence-corrected chi connectivity index (χ4v) is 5.98. The molecule has 0 saturated heterocycles. The van der Waals surface area contributed by atoms with Gasteiger partial charge in [-0.3, -0.25) is 4.79 Å². The van der Waals surface area contributed by atoms with Crippen LogP contribution in [0.25, 0.3) is 0 Å². The zero-order valence-electron chi connectivity index (χ0n) is 15.1. The van der Waals surface area contributed by atoms with E-state index >= 15 is 0 Å².